The van der Waals surface area contributed by atoms with Crippen molar-refractivity contribution in [1.29, 1.82) is 0 Å². The lowest BCUT2D eigenvalue weighted by Gasteiger charge is -2.22. The van der Waals surface area contributed by atoms with E-state index in [1.165, 1.54) is 0 Å². The number of carbonyl (C=O) groups is 2. The molecule has 0 aromatic heterocycles. The fourth-order valence-electron chi connectivity index (χ4n) is 2.66. The highest BCUT2D eigenvalue weighted by molar-refractivity contribution is 7.92. The molecule has 8 nitrogen and oxygen atoms in total. The molecule has 0 saturated carbocycles. The highest BCUT2D eigenvalue weighted by Gasteiger charge is 2.39. The summed E-state index contributed by atoms with van der Waals surface area (Å²) in [5, 5.41) is 20.3. The quantitative estimate of drug-likeness (QED) is 0.601. The van der Waals surface area contributed by atoms with Gasteiger partial charge >= 0.3 is 12.0 Å². The van der Waals surface area contributed by atoms with Crippen LogP contribution in [0.5, 0.6) is 0 Å². The summed E-state index contributed by atoms with van der Waals surface area (Å²) in [7, 11) is -3.15. The third-order valence-electron chi connectivity index (χ3n) is 3.77. The van der Waals surface area contributed by atoms with E-state index in [9.17, 15) is 23.1 Å². The van der Waals surface area contributed by atoms with Gasteiger partial charge in [-0.05, 0) is 12.8 Å². The maximum absolute atomic E-state index is 11.9. The molecule has 0 bridgehead atoms. The molecule has 114 valence electrons. The summed E-state index contributed by atoms with van der Waals surface area (Å²) in [4.78, 5) is 24.0. The molecule has 2 amide bonds. The average Bonchev–Trinajstić information content (AvgIpc) is 2.89. The minimum absolute atomic E-state index is 0.00944. The van der Waals surface area contributed by atoms with E-state index >= 15 is 0 Å². The van der Waals surface area contributed by atoms with Gasteiger partial charge in [-0.2, -0.15) is 0 Å². The molecular formula is C11H18N2O6S. The van der Waals surface area contributed by atoms with Crippen LogP contribution in [0.3, 0.4) is 0 Å². The molecule has 9 heteroatoms. The van der Waals surface area contributed by atoms with Gasteiger partial charge in [-0.25, -0.2) is 18.0 Å². The molecule has 3 unspecified atom stereocenters. The van der Waals surface area contributed by atoms with Crippen molar-refractivity contribution >= 4 is 21.8 Å². The van der Waals surface area contributed by atoms with E-state index in [4.69, 9.17) is 5.11 Å². The van der Waals surface area contributed by atoms with Gasteiger partial charge in [0.2, 0.25) is 0 Å². The monoisotopic (exact) mass is 306 g/mol. The smallest absolute Gasteiger partial charge is 0.326 e. The molecule has 2 rings (SSSR count). The third-order valence-corrected chi connectivity index (χ3v) is 6.04. The van der Waals surface area contributed by atoms with Crippen molar-refractivity contribution in [3.63, 3.8) is 0 Å². The zero-order valence-corrected chi connectivity index (χ0v) is 11.7. The van der Waals surface area contributed by atoms with Crippen LogP contribution in [0, 0.1) is 0 Å². The van der Waals surface area contributed by atoms with Crippen LogP contribution in [0.4, 0.5) is 4.79 Å². The average molecular weight is 306 g/mol. The number of aliphatic hydroxyl groups excluding tert-OH is 1. The highest BCUT2D eigenvalue weighted by Crippen LogP contribution is 2.20. The molecule has 20 heavy (non-hydrogen) atoms. The lowest BCUT2D eigenvalue weighted by Crippen LogP contribution is -2.48. The van der Waals surface area contributed by atoms with E-state index in [2.05, 4.69) is 5.32 Å². The number of aliphatic hydroxyl groups is 1. The van der Waals surface area contributed by atoms with Gasteiger partial charge in [-0.1, -0.05) is 0 Å². The lowest BCUT2D eigenvalue weighted by atomic mass is 10.2. The Balaban J connectivity index is 1.93. The lowest BCUT2D eigenvalue weighted by molar-refractivity contribution is -0.141. The summed E-state index contributed by atoms with van der Waals surface area (Å²) in [5.74, 6) is -1.04. The molecular weight excluding hydrogens is 288 g/mol. The molecule has 3 atom stereocenters. The van der Waals surface area contributed by atoms with Crippen molar-refractivity contribution < 1.29 is 28.2 Å². The van der Waals surface area contributed by atoms with Gasteiger partial charge in [0.15, 0.2) is 9.84 Å². The van der Waals surface area contributed by atoms with Crippen LogP contribution >= 0.6 is 0 Å². The van der Waals surface area contributed by atoms with Crippen molar-refractivity contribution in [1.82, 2.24) is 10.2 Å². The largest absolute Gasteiger partial charge is 0.480 e. The number of urea groups is 1. The van der Waals surface area contributed by atoms with E-state index in [1.807, 2.05) is 0 Å². The maximum Gasteiger partial charge on any atom is 0.326 e. The van der Waals surface area contributed by atoms with E-state index in [1.54, 1.807) is 0 Å². The number of nitrogens with zero attached hydrogens (tertiary/aromatic N) is 1. The second-order valence-corrected chi connectivity index (χ2v) is 7.61. The first-order valence-electron chi connectivity index (χ1n) is 6.48. The molecule has 0 aromatic rings. The van der Waals surface area contributed by atoms with Crippen molar-refractivity contribution in [2.45, 2.75) is 36.7 Å². The number of likely N-dealkylation sites (tertiary alicyclic amines) is 1. The van der Waals surface area contributed by atoms with Gasteiger partial charge < -0.3 is 20.4 Å². The van der Waals surface area contributed by atoms with Crippen LogP contribution in [-0.4, -0.2) is 71.8 Å². The standard InChI is InChI=1S/C11H18N2O6S/c14-7-4-9(10(15)16)13(6-7)11(17)12-5-8-2-1-3-20(8,18)19/h7-9,14H,1-6H2,(H,12,17)(H,15,16). The minimum Gasteiger partial charge on any atom is -0.480 e. The van der Waals surface area contributed by atoms with Gasteiger partial charge in [0, 0.05) is 19.5 Å². The number of carboxylic acid groups (broad SMARTS) is 1. The molecule has 0 radical (unpaired) electrons. The van der Waals surface area contributed by atoms with E-state index < -0.39 is 39.2 Å². The van der Waals surface area contributed by atoms with Crippen molar-refractivity contribution in [3.8, 4) is 0 Å². The van der Waals surface area contributed by atoms with Crippen LogP contribution in [-0.2, 0) is 14.6 Å². The highest BCUT2D eigenvalue weighted by atomic mass is 32.2. The number of amides is 2. The topological polar surface area (TPSA) is 124 Å². The molecule has 3 N–H and O–H groups in total. The predicted molar refractivity (Wildman–Crippen MR) is 69.0 cm³/mol. The summed E-state index contributed by atoms with van der Waals surface area (Å²) in [5.41, 5.74) is 0. The van der Waals surface area contributed by atoms with Crippen LogP contribution < -0.4 is 5.32 Å². The van der Waals surface area contributed by atoms with Gasteiger partial charge in [0.1, 0.15) is 6.04 Å². The molecule has 2 heterocycles. The number of aliphatic carboxylic acids is 1. The second kappa shape index (κ2) is 5.57. The zero-order valence-electron chi connectivity index (χ0n) is 10.9. The molecule has 2 aliphatic heterocycles. The number of sulfone groups is 1. The third kappa shape index (κ3) is 3.04. The van der Waals surface area contributed by atoms with Crippen LogP contribution in [0.1, 0.15) is 19.3 Å². The summed E-state index contributed by atoms with van der Waals surface area (Å²) in [6, 6.07) is -1.71. The number of hydrogen-bond acceptors (Lipinski definition) is 5. The fraction of sp³-hybridized carbons (Fsp3) is 0.818. The summed E-state index contributed by atoms with van der Waals surface area (Å²) in [6.07, 6.45) is 0.221. The molecule has 0 aromatic carbocycles. The summed E-state index contributed by atoms with van der Waals surface area (Å²) >= 11 is 0. The van der Waals surface area contributed by atoms with Gasteiger partial charge in [-0.15, -0.1) is 0 Å². The molecule has 2 fully saturated rings. The number of β-amino-alcohol motifs (C(OH)–C–C–N with tert-alkyl or cyclic N) is 1. The molecule has 2 saturated heterocycles. The maximum atomic E-state index is 11.9. The number of hydrogen-bond donors (Lipinski definition) is 3. The first kappa shape index (κ1) is 15.0. The normalized spacial score (nSPS) is 32.2. The number of nitrogens with one attached hydrogen (secondary N) is 1. The SMILES string of the molecule is O=C(O)C1CC(O)CN1C(=O)NCC1CCCS1(=O)=O. The Kier molecular flexibility index (Phi) is 4.19. The Hall–Kier alpha value is -1.35. The van der Waals surface area contributed by atoms with Gasteiger partial charge in [0.25, 0.3) is 0 Å². The summed E-state index contributed by atoms with van der Waals surface area (Å²) in [6.45, 7) is -0.0691. The Labute approximate surface area is 116 Å². The first-order chi connectivity index (χ1) is 9.31. The number of carboxylic acids is 1. The van der Waals surface area contributed by atoms with Crippen molar-refractivity contribution in [2.75, 3.05) is 18.8 Å². The van der Waals surface area contributed by atoms with E-state index in [0.29, 0.717) is 12.8 Å². The van der Waals surface area contributed by atoms with Gasteiger partial charge in [-0.3, -0.25) is 0 Å². The number of rotatable bonds is 3. The fourth-order valence-corrected chi connectivity index (χ4v) is 4.43. The van der Waals surface area contributed by atoms with E-state index in [-0.39, 0.29) is 25.3 Å². The molecule has 0 aliphatic carbocycles. The second-order valence-electron chi connectivity index (χ2n) is 5.21. The predicted octanol–water partition coefficient (Wildman–Crippen LogP) is -1.21. The molecule has 2 aliphatic rings. The zero-order chi connectivity index (χ0) is 14.9. The molecule has 0 spiro atoms. The van der Waals surface area contributed by atoms with Gasteiger partial charge in [0.05, 0.1) is 17.1 Å². The Morgan fingerprint density at radius 3 is 2.60 bits per heavy atom. The van der Waals surface area contributed by atoms with Crippen LogP contribution in [0.25, 0.3) is 0 Å². The van der Waals surface area contributed by atoms with Crippen molar-refractivity contribution in [2.24, 2.45) is 0 Å². The minimum atomic E-state index is -3.15. The summed E-state index contributed by atoms with van der Waals surface area (Å²) < 4.78 is 23.2. The first-order valence-corrected chi connectivity index (χ1v) is 8.19. The Morgan fingerprint density at radius 1 is 1.35 bits per heavy atom. The number of carbonyl (C=O) groups excluding carboxylic acids is 1. The Morgan fingerprint density at radius 2 is 2.05 bits per heavy atom. The van der Waals surface area contributed by atoms with Crippen molar-refractivity contribution in [3.05, 3.63) is 0 Å². The Bertz CT molecular complexity index is 505. The van der Waals surface area contributed by atoms with Crippen LogP contribution in [0.2, 0.25) is 0 Å². The van der Waals surface area contributed by atoms with Crippen LogP contribution in [0.15, 0.2) is 0 Å². The van der Waals surface area contributed by atoms with E-state index in [0.717, 1.165) is 4.90 Å².